The molecule has 8 bridgehead atoms. The second kappa shape index (κ2) is 3.75. The molecule has 0 saturated heterocycles. The summed E-state index contributed by atoms with van der Waals surface area (Å²) in [5.41, 5.74) is 8.23. The van der Waals surface area contributed by atoms with Gasteiger partial charge in [-0.15, -0.1) is 0 Å². The summed E-state index contributed by atoms with van der Waals surface area (Å²) in [5, 5.41) is 0. The van der Waals surface area contributed by atoms with Gasteiger partial charge < -0.3 is 0 Å². The molecule has 1 aromatic carbocycles. The van der Waals surface area contributed by atoms with Crippen LogP contribution in [0.2, 0.25) is 0 Å². The maximum atomic E-state index is 13.0. The fraction of sp³-hybridized carbons (Fsp3) is 0.571. The van der Waals surface area contributed by atoms with Crippen molar-refractivity contribution in [3.8, 4) is 0 Å². The van der Waals surface area contributed by atoms with Gasteiger partial charge in [-0.1, -0.05) is 29.3 Å². The summed E-state index contributed by atoms with van der Waals surface area (Å²) >= 11 is 0. The summed E-state index contributed by atoms with van der Waals surface area (Å²) in [7, 11) is 0. The van der Waals surface area contributed by atoms with E-state index in [1.807, 2.05) is 0 Å². The van der Waals surface area contributed by atoms with Crippen LogP contribution in [0.1, 0.15) is 61.1 Å². The molecule has 4 atom stereocenters. The predicted octanol–water partition coefficient (Wildman–Crippen LogP) is 4.35. The van der Waals surface area contributed by atoms with E-state index in [0.717, 1.165) is 12.3 Å². The first-order valence-electron chi connectivity index (χ1n) is 9.14. The van der Waals surface area contributed by atoms with Gasteiger partial charge in [0.2, 0.25) is 0 Å². The number of hydrogen-bond donors (Lipinski definition) is 0. The zero-order chi connectivity index (χ0) is 14.5. The molecule has 0 aliphatic heterocycles. The van der Waals surface area contributed by atoms with Crippen molar-refractivity contribution < 1.29 is 4.79 Å². The zero-order valence-electron chi connectivity index (χ0n) is 13.0. The molecule has 0 amide bonds. The molecule has 1 spiro atoms. The Morgan fingerprint density at radius 1 is 1.14 bits per heavy atom. The summed E-state index contributed by atoms with van der Waals surface area (Å²) in [6, 6.07) is 7.09. The van der Waals surface area contributed by atoms with Crippen molar-refractivity contribution in [2.75, 3.05) is 0 Å². The Balaban J connectivity index is 1.70. The van der Waals surface area contributed by atoms with Gasteiger partial charge in [0, 0.05) is 23.7 Å². The topological polar surface area (TPSA) is 17.1 Å². The van der Waals surface area contributed by atoms with Crippen LogP contribution in [0.4, 0.5) is 0 Å². The molecule has 0 aromatic heterocycles. The highest BCUT2D eigenvalue weighted by Crippen LogP contribution is 2.68. The SMILES string of the molecule is O=C1Cc2ccc3cc2CC1C12CCC(C1)C1=C2CCCC13. The Hall–Kier alpha value is -1.37. The lowest BCUT2D eigenvalue weighted by Gasteiger charge is -2.42. The standard InChI is InChI=1S/C21H22O/c22-19-10-12-4-5-13-8-15(12)9-18(19)21-7-6-14(11-21)20-16(13)2-1-3-17(20)21/h4-5,8,14,16,18H,1-3,6-7,9-11H2. The van der Waals surface area contributed by atoms with E-state index >= 15 is 0 Å². The van der Waals surface area contributed by atoms with Gasteiger partial charge in [-0.05, 0) is 67.6 Å². The van der Waals surface area contributed by atoms with E-state index in [1.165, 1.54) is 49.7 Å². The number of Topliss-reactive ketones (excluding diaryl/α,β-unsaturated/α-hetero) is 1. The molecule has 22 heavy (non-hydrogen) atoms. The summed E-state index contributed by atoms with van der Waals surface area (Å²) in [6.07, 6.45) is 9.63. The van der Waals surface area contributed by atoms with Crippen molar-refractivity contribution in [1.29, 1.82) is 0 Å². The molecule has 1 saturated carbocycles. The lowest BCUT2D eigenvalue weighted by molar-refractivity contribution is -0.126. The molecule has 0 radical (unpaired) electrons. The molecule has 0 heterocycles. The highest BCUT2D eigenvalue weighted by atomic mass is 16.1. The first-order chi connectivity index (χ1) is 10.8. The maximum Gasteiger partial charge on any atom is 0.141 e. The fourth-order valence-corrected chi connectivity index (χ4v) is 6.92. The normalized spacial score (nSPS) is 40.7. The van der Waals surface area contributed by atoms with Gasteiger partial charge in [-0.2, -0.15) is 0 Å². The van der Waals surface area contributed by atoms with Crippen LogP contribution in [0.5, 0.6) is 0 Å². The Morgan fingerprint density at radius 3 is 3.05 bits per heavy atom. The molecular formula is C21H22O. The van der Waals surface area contributed by atoms with E-state index in [-0.39, 0.29) is 5.41 Å². The second-order valence-electron chi connectivity index (χ2n) is 8.40. The largest absolute Gasteiger partial charge is 0.299 e. The van der Waals surface area contributed by atoms with E-state index in [4.69, 9.17) is 0 Å². The van der Waals surface area contributed by atoms with Gasteiger partial charge >= 0.3 is 0 Å². The zero-order valence-corrected chi connectivity index (χ0v) is 13.0. The third kappa shape index (κ3) is 1.23. The second-order valence-corrected chi connectivity index (χ2v) is 8.40. The van der Waals surface area contributed by atoms with E-state index < -0.39 is 0 Å². The summed E-state index contributed by atoms with van der Waals surface area (Å²) in [6.45, 7) is 0. The van der Waals surface area contributed by atoms with E-state index in [1.54, 1.807) is 16.7 Å². The van der Waals surface area contributed by atoms with Crippen LogP contribution in [0.3, 0.4) is 0 Å². The highest BCUT2D eigenvalue weighted by Gasteiger charge is 2.58. The molecular weight excluding hydrogens is 268 g/mol. The molecule has 1 aromatic rings. The van der Waals surface area contributed by atoms with Crippen molar-refractivity contribution in [2.24, 2.45) is 17.3 Å². The molecule has 1 nitrogen and oxygen atoms in total. The number of rotatable bonds is 0. The molecule has 0 N–H and O–H groups in total. The van der Waals surface area contributed by atoms with Crippen molar-refractivity contribution in [1.82, 2.24) is 0 Å². The number of hydrogen-bond acceptors (Lipinski definition) is 1. The number of ketones is 1. The number of carbonyl (C=O) groups is 1. The summed E-state index contributed by atoms with van der Waals surface area (Å²) < 4.78 is 0. The van der Waals surface area contributed by atoms with Crippen LogP contribution in [0.25, 0.3) is 0 Å². The average Bonchev–Trinajstić information content (AvgIpc) is 3.11. The fourth-order valence-electron chi connectivity index (χ4n) is 6.92. The maximum absolute atomic E-state index is 13.0. The minimum absolute atomic E-state index is 0.278. The molecule has 5 aliphatic carbocycles. The molecule has 1 heteroatoms. The lowest BCUT2D eigenvalue weighted by atomic mass is 9.61. The van der Waals surface area contributed by atoms with Crippen molar-refractivity contribution in [2.45, 2.75) is 57.3 Å². The van der Waals surface area contributed by atoms with Crippen LogP contribution >= 0.6 is 0 Å². The smallest absolute Gasteiger partial charge is 0.141 e. The van der Waals surface area contributed by atoms with Gasteiger partial charge in [0.25, 0.3) is 0 Å². The monoisotopic (exact) mass is 290 g/mol. The number of allylic oxidation sites excluding steroid dienone is 2. The van der Waals surface area contributed by atoms with Crippen molar-refractivity contribution >= 4 is 5.78 Å². The Labute approximate surface area is 131 Å². The van der Waals surface area contributed by atoms with E-state index in [2.05, 4.69) is 18.2 Å². The van der Waals surface area contributed by atoms with E-state index in [0.29, 0.717) is 24.0 Å². The number of benzene rings is 1. The average molecular weight is 290 g/mol. The molecule has 112 valence electrons. The van der Waals surface area contributed by atoms with Crippen LogP contribution in [0, 0.1) is 17.3 Å². The first-order valence-corrected chi connectivity index (χ1v) is 9.14. The molecule has 1 fully saturated rings. The Kier molecular flexibility index (Phi) is 2.06. The molecule has 4 unspecified atom stereocenters. The Bertz CT molecular complexity index is 755. The van der Waals surface area contributed by atoms with Crippen LogP contribution in [-0.4, -0.2) is 5.78 Å². The third-order valence-electron chi connectivity index (χ3n) is 7.71. The molecule has 5 aliphatic rings. The van der Waals surface area contributed by atoms with Gasteiger partial charge in [0.05, 0.1) is 0 Å². The quantitative estimate of drug-likeness (QED) is 0.649. The highest BCUT2D eigenvalue weighted by molar-refractivity contribution is 5.87. The van der Waals surface area contributed by atoms with Crippen LogP contribution in [-0.2, 0) is 17.6 Å². The van der Waals surface area contributed by atoms with Gasteiger partial charge in [-0.25, -0.2) is 0 Å². The van der Waals surface area contributed by atoms with Crippen LogP contribution < -0.4 is 0 Å². The minimum Gasteiger partial charge on any atom is -0.299 e. The summed E-state index contributed by atoms with van der Waals surface area (Å²) in [4.78, 5) is 13.0. The third-order valence-corrected chi connectivity index (χ3v) is 7.71. The van der Waals surface area contributed by atoms with Gasteiger partial charge in [0.1, 0.15) is 5.78 Å². The Morgan fingerprint density at radius 2 is 2.09 bits per heavy atom. The predicted molar refractivity (Wildman–Crippen MR) is 85.7 cm³/mol. The van der Waals surface area contributed by atoms with Crippen molar-refractivity contribution in [3.05, 3.63) is 46.0 Å². The number of fused-ring (bicyclic) bond motifs is 4. The van der Waals surface area contributed by atoms with Crippen molar-refractivity contribution in [3.63, 3.8) is 0 Å². The van der Waals surface area contributed by atoms with Crippen LogP contribution in [0.15, 0.2) is 29.3 Å². The lowest BCUT2D eigenvalue weighted by Crippen LogP contribution is -2.40. The van der Waals surface area contributed by atoms with E-state index in [9.17, 15) is 4.79 Å². The van der Waals surface area contributed by atoms with Gasteiger partial charge in [0.15, 0.2) is 0 Å². The molecule has 6 rings (SSSR count). The minimum atomic E-state index is 0.278. The first kappa shape index (κ1) is 12.1. The summed E-state index contributed by atoms with van der Waals surface area (Å²) in [5.74, 6) is 2.32. The number of carbonyl (C=O) groups excluding carboxylic acids is 1. The van der Waals surface area contributed by atoms with Gasteiger partial charge in [-0.3, -0.25) is 4.79 Å².